The van der Waals surface area contributed by atoms with Crippen LogP contribution in [-0.2, 0) is 0 Å². The summed E-state index contributed by atoms with van der Waals surface area (Å²) in [6.45, 7) is 0.586. The molecule has 7 heteroatoms. The number of anilines is 1. The Kier molecular flexibility index (Phi) is 3.56. The summed E-state index contributed by atoms with van der Waals surface area (Å²) in [5.41, 5.74) is 0. The van der Waals surface area contributed by atoms with E-state index in [1.54, 1.807) is 11.0 Å². The lowest BCUT2D eigenvalue weighted by Gasteiger charge is -2.34. The van der Waals surface area contributed by atoms with Crippen LogP contribution in [0.4, 0.5) is 19.0 Å². The molecule has 17 heavy (non-hydrogen) atoms. The Hall–Kier alpha value is -0.850. The Balaban J connectivity index is 2.12. The van der Waals surface area contributed by atoms with Crippen molar-refractivity contribution in [1.82, 2.24) is 9.97 Å². The van der Waals surface area contributed by atoms with Gasteiger partial charge in [-0.05, 0) is 28.8 Å². The zero-order valence-electron chi connectivity index (χ0n) is 8.91. The zero-order valence-corrected chi connectivity index (χ0v) is 10.5. The molecule has 1 fully saturated rings. The van der Waals surface area contributed by atoms with Gasteiger partial charge in [-0.1, -0.05) is 0 Å². The molecule has 1 unspecified atom stereocenters. The minimum atomic E-state index is -4.12. The summed E-state index contributed by atoms with van der Waals surface area (Å²) in [5.74, 6) is -0.717. The Morgan fingerprint density at radius 1 is 1.35 bits per heavy atom. The van der Waals surface area contributed by atoms with Gasteiger partial charge >= 0.3 is 6.18 Å². The van der Waals surface area contributed by atoms with Crippen LogP contribution in [0.3, 0.4) is 0 Å². The van der Waals surface area contributed by atoms with Gasteiger partial charge in [0.15, 0.2) is 0 Å². The molecule has 1 aromatic heterocycles. The Bertz CT molecular complexity index is 397. The highest BCUT2D eigenvalue weighted by Gasteiger charge is 2.42. The molecule has 1 aliphatic heterocycles. The number of halogens is 4. The van der Waals surface area contributed by atoms with Crippen LogP contribution in [0.1, 0.15) is 12.8 Å². The van der Waals surface area contributed by atoms with Gasteiger partial charge in [-0.25, -0.2) is 9.97 Å². The molecule has 1 aromatic rings. The van der Waals surface area contributed by atoms with E-state index in [1.165, 1.54) is 6.33 Å². The molecule has 0 aromatic carbocycles. The highest BCUT2D eigenvalue weighted by molar-refractivity contribution is 9.10. The molecule has 94 valence electrons. The largest absolute Gasteiger partial charge is 0.393 e. The molecule has 2 heterocycles. The summed E-state index contributed by atoms with van der Waals surface area (Å²) < 4.78 is 38.5. The molecule has 1 aliphatic rings. The summed E-state index contributed by atoms with van der Waals surface area (Å²) in [7, 11) is 0. The molecule has 2 rings (SSSR count). The van der Waals surface area contributed by atoms with Crippen molar-refractivity contribution in [2.24, 2.45) is 5.92 Å². The minimum absolute atomic E-state index is 0.0209. The zero-order chi connectivity index (χ0) is 12.5. The quantitative estimate of drug-likeness (QED) is 0.747. The molecule has 0 radical (unpaired) electrons. The molecule has 0 aliphatic carbocycles. The van der Waals surface area contributed by atoms with E-state index >= 15 is 0 Å². The third kappa shape index (κ3) is 3.08. The average Bonchev–Trinajstić information content (AvgIpc) is 2.28. The maximum Gasteiger partial charge on any atom is 0.393 e. The number of piperidine rings is 1. The topological polar surface area (TPSA) is 29.0 Å². The van der Waals surface area contributed by atoms with E-state index < -0.39 is 12.1 Å². The first-order valence-corrected chi connectivity index (χ1v) is 6.05. The monoisotopic (exact) mass is 309 g/mol. The van der Waals surface area contributed by atoms with Gasteiger partial charge in [0.25, 0.3) is 0 Å². The number of rotatable bonds is 1. The first-order valence-electron chi connectivity index (χ1n) is 5.26. The van der Waals surface area contributed by atoms with Crippen molar-refractivity contribution in [3.8, 4) is 0 Å². The molecule has 0 N–H and O–H groups in total. The lowest BCUT2D eigenvalue weighted by Crippen LogP contribution is -2.42. The first kappa shape index (κ1) is 12.6. The molecule has 0 bridgehead atoms. The number of alkyl halides is 3. The highest BCUT2D eigenvalue weighted by Crippen LogP contribution is 2.34. The van der Waals surface area contributed by atoms with Gasteiger partial charge in [-0.15, -0.1) is 0 Å². The Morgan fingerprint density at radius 2 is 2.12 bits per heavy atom. The van der Waals surface area contributed by atoms with Crippen LogP contribution in [0.5, 0.6) is 0 Å². The summed E-state index contributed by atoms with van der Waals surface area (Å²) in [6.07, 6.45) is -2.04. The number of aromatic nitrogens is 2. The molecule has 3 nitrogen and oxygen atoms in total. The van der Waals surface area contributed by atoms with Crippen molar-refractivity contribution >= 4 is 21.7 Å². The van der Waals surface area contributed by atoms with Crippen molar-refractivity contribution in [2.75, 3.05) is 18.0 Å². The molecule has 0 spiro atoms. The van der Waals surface area contributed by atoms with Crippen LogP contribution in [0.25, 0.3) is 0 Å². The molecule has 1 saturated heterocycles. The number of nitrogens with zero attached hydrogens (tertiary/aromatic N) is 3. The fraction of sp³-hybridized carbons (Fsp3) is 0.600. The SMILES string of the molecule is FC(F)(F)C1CCCN(c2cc(Br)ncn2)C1. The molecule has 1 atom stereocenters. The fourth-order valence-electron chi connectivity index (χ4n) is 1.95. The second-order valence-electron chi connectivity index (χ2n) is 4.03. The van der Waals surface area contributed by atoms with Crippen molar-refractivity contribution in [1.29, 1.82) is 0 Å². The molecular weight excluding hydrogens is 299 g/mol. The predicted molar refractivity (Wildman–Crippen MR) is 60.7 cm³/mol. The van der Waals surface area contributed by atoms with E-state index in [-0.39, 0.29) is 13.0 Å². The van der Waals surface area contributed by atoms with E-state index in [1.807, 2.05) is 0 Å². The van der Waals surface area contributed by atoms with Crippen LogP contribution in [0.15, 0.2) is 17.0 Å². The third-order valence-corrected chi connectivity index (χ3v) is 3.26. The van der Waals surface area contributed by atoms with Crippen molar-refractivity contribution in [3.63, 3.8) is 0 Å². The van der Waals surface area contributed by atoms with E-state index in [0.29, 0.717) is 23.4 Å². The van der Waals surface area contributed by atoms with Crippen molar-refractivity contribution in [3.05, 3.63) is 17.0 Å². The van der Waals surface area contributed by atoms with Crippen LogP contribution < -0.4 is 4.90 Å². The van der Waals surface area contributed by atoms with E-state index in [9.17, 15) is 13.2 Å². The standard InChI is InChI=1S/C10H11BrF3N3/c11-8-4-9(16-6-15-8)17-3-1-2-7(5-17)10(12,13)14/h4,6-7H,1-3,5H2. The number of hydrogen-bond acceptors (Lipinski definition) is 3. The lowest BCUT2D eigenvalue weighted by atomic mass is 9.97. The van der Waals surface area contributed by atoms with Gasteiger partial charge in [0, 0.05) is 19.2 Å². The molecule has 0 saturated carbocycles. The van der Waals surface area contributed by atoms with Crippen LogP contribution in [0, 0.1) is 5.92 Å². The van der Waals surface area contributed by atoms with Gasteiger partial charge in [-0.3, -0.25) is 0 Å². The number of hydrogen-bond donors (Lipinski definition) is 0. The second kappa shape index (κ2) is 4.80. The summed E-state index contributed by atoms with van der Waals surface area (Å²) in [6, 6.07) is 1.64. The second-order valence-corrected chi connectivity index (χ2v) is 4.84. The van der Waals surface area contributed by atoms with Gasteiger partial charge in [-0.2, -0.15) is 13.2 Å². The third-order valence-electron chi connectivity index (χ3n) is 2.83. The summed E-state index contributed by atoms with van der Waals surface area (Å²) in [5, 5.41) is 0. The summed E-state index contributed by atoms with van der Waals surface area (Å²) in [4.78, 5) is 9.52. The predicted octanol–water partition coefficient (Wildman–Crippen LogP) is 3.02. The van der Waals surface area contributed by atoms with Gasteiger partial charge in [0.1, 0.15) is 16.7 Å². The summed E-state index contributed by atoms with van der Waals surface area (Å²) >= 11 is 3.18. The van der Waals surface area contributed by atoms with Crippen molar-refractivity contribution in [2.45, 2.75) is 19.0 Å². The Morgan fingerprint density at radius 3 is 2.76 bits per heavy atom. The van der Waals surface area contributed by atoms with Crippen LogP contribution in [0.2, 0.25) is 0 Å². The molecule has 0 amide bonds. The first-order chi connectivity index (χ1) is 7.97. The van der Waals surface area contributed by atoms with Crippen molar-refractivity contribution < 1.29 is 13.2 Å². The average molecular weight is 310 g/mol. The van der Waals surface area contributed by atoms with E-state index in [4.69, 9.17) is 0 Å². The minimum Gasteiger partial charge on any atom is -0.356 e. The molecular formula is C10H11BrF3N3. The normalized spacial score (nSPS) is 21.6. The smallest absolute Gasteiger partial charge is 0.356 e. The van der Waals surface area contributed by atoms with E-state index in [0.717, 1.165) is 0 Å². The maximum absolute atomic E-state index is 12.6. The van der Waals surface area contributed by atoms with E-state index in [2.05, 4.69) is 25.9 Å². The van der Waals surface area contributed by atoms with Gasteiger partial charge < -0.3 is 4.90 Å². The Labute approximate surface area is 105 Å². The van der Waals surface area contributed by atoms with Crippen LogP contribution >= 0.6 is 15.9 Å². The maximum atomic E-state index is 12.6. The highest BCUT2D eigenvalue weighted by atomic mass is 79.9. The van der Waals surface area contributed by atoms with Gasteiger partial charge in [0.2, 0.25) is 0 Å². The van der Waals surface area contributed by atoms with Crippen LogP contribution in [-0.4, -0.2) is 29.2 Å². The fourth-order valence-corrected chi connectivity index (χ4v) is 2.25. The lowest BCUT2D eigenvalue weighted by molar-refractivity contribution is -0.176. The van der Waals surface area contributed by atoms with Gasteiger partial charge in [0.05, 0.1) is 5.92 Å².